The van der Waals surface area contributed by atoms with Crippen molar-refractivity contribution >= 4 is 34.8 Å². The van der Waals surface area contributed by atoms with E-state index >= 15 is 0 Å². The second-order valence-corrected chi connectivity index (χ2v) is 4.96. The fourth-order valence-corrected chi connectivity index (χ4v) is 2.23. The normalized spacial score (nSPS) is 10.2. The molecule has 7 heteroatoms. The van der Waals surface area contributed by atoms with Gasteiger partial charge in [0.15, 0.2) is 0 Å². The van der Waals surface area contributed by atoms with Gasteiger partial charge in [0.1, 0.15) is 5.02 Å². The molecule has 0 radical (unpaired) electrons. The molecule has 0 atom stereocenters. The van der Waals surface area contributed by atoms with Crippen LogP contribution in [0.25, 0.3) is 0 Å². The second kappa shape index (κ2) is 6.56. The molecule has 0 aliphatic rings. The summed E-state index contributed by atoms with van der Waals surface area (Å²) in [6.45, 7) is 0.206. The van der Waals surface area contributed by atoms with Crippen LogP contribution in [0.15, 0.2) is 42.5 Å². The maximum absolute atomic E-state index is 12.1. The van der Waals surface area contributed by atoms with Gasteiger partial charge in [0.05, 0.1) is 10.5 Å². The zero-order chi connectivity index (χ0) is 15.4. The summed E-state index contributed by atoms with van der Waals surface area (Å²) < 4.78 is 0. The van der Waals surface area contributed by atoms with E-state index in [2.05, 4.69) is 5.32 Å². The van der Waals surface area contributed by atoms with Crippen molar-refractivity contribution in [1.82, 2.24) is 5.32 Å². The Morgan fingerprint density at radius 1 is 1.14 bits per heavy atom. The molecule has 0 saturated carbocycles. The molecule has 21 heavy (non-hydrogen) atoms. The molecule has 0 heterocycles. The maximum Gasteiger partial charge on any atom is 0.288 e. The first-order chi connectivity index (χ1) is 10.0. The summed E-state index contributed by atoms with van der Waals surface area (Å²) in [5.41, 5.74) is 0.494. The number of benzene rings is 2. The number of carbonyl (C=O) groups excluding carboxylic acids is 1. The molecular weight excluding hydrogens is 315 g/mol. The first kappa shape index (κ1) is 15.3. The molecule has 0 bridgehead atoms. The fourth-order valence-electron chi connectivity index (χ4n) is 1.75. The van der Waals surface area contributed by atoms with E-state index in [4.69, 9.17) is 23.2 Å². The number of hydrogen-bond acceptors (Lipinski definition) is 3. The van der Waals surface area contributed by atoms with Gasteiger partial charge in [-0.05, 0) is 17.7 Å². The average Bonchev–Trinajstić information content (AvgIpc) is 2.46. The Morgan fingerprint density at radius 2 is 1.86 bits per heavy atom. The largest absolute Gasteiger partial charge is 0.348 e. The van der Waals surface area contributed by atoms with Crippen molar-refractivity contribution in [3.63, 3.8) is 0 Å². The van der Waals surface area contributed by atoms with E-state index in [0.29, 0.717) is 5.02 Å². The van der Waals surface area contributed by atoms with Crippen LogP contribution in [0.2, 0.25) is 10.0 Å². The minimum atomic E-state index is -0.632. The highest BCUT2D eigenvalue weighted by Crippen LogP contribution is 2.27. The third kappa shape index (κ3) is 3.51. The highest BCUT2D eigenvalue weighted by atomic mass is 35.5. The minimum absolute atomic E-state index is 0.0536. The lowest BCUT2D eigenvalue weighted by Crippen LogP contribution is -2.23. The van der Waals surface area contributed by atoms with E-state index < -0.39 is 10.8 Å². The zero-order valence-corrected chi connectivity index (χ0v) is 12.2. The Labute approximate surface area is 130 Å². The monoisotopic (exact) mass is 324 g/mol. The molecule has 5 nitrogen and oxygen atoms in total. The number of carbonyl (C=O) groups is 1. The lowest BCUT2D eigenvalue weighted by atomic mass is 10.1. The summed E-state index contributed by atoms with van der Waals surface area (Å²) in [5, 5.41) is 13.8. The van der Waals surface area contributed by atoms with Gasteiger partial charge in [-0.25, -0.2) is 0 Å². The number of nitro benzene ring substituents is 1. The third-order valence-corrected chi connectivity index (χ3v) is 3.58. The van der Waals surface area contributed by atoms with Gasteiger partial charge in [-0.2, -0.15) is 0 Å². The molecule has 1 N–H and O–H groups in total. The molecule has 0 fully saturated rings. The SMILES string of the molecule is O=C(NCc1ccccc1Cl)c1cccc([N+](=O)[O-])c1Cl. The van der Waals surface area contributed by atoms with Crippen LogP contribution < -0.4 is 5.32 Å². The average molecular weight is 325 g/mol. The smallest absolute Gasteiger partial charge is 0.288 e. The van der Waals surface area contributed by atoms with Crippen LogP contribution in [0, 0.1) is 10.1 Å². The molecule has 108 valence electrons. The van der Waals surface area contributed by atoms with Crippen LogP contribution in [0.3, 0.4) is 0 Å². The van der Waals surface area contributed by atoms with Crippen molar-refractivity contribution in [2.45, 2.75) is 6.54 Å². The number of rotatable bonds is 4. The van der Waals surface area contributed by atoms with Crippen LogP contribution in [-0.2, 0) is 6.54 Å². The molecular formula is C14H10Cl2N2O3. The van der Waals surface area contributed by atoms with Crippen LogP contribution >= 0.6 is 23.2 Å². The maximum atomic E-state index is 12.1. The Morgan fingerprint density at radius 3 is 2.52 bits per heavy atom. The molecule has 1 amide bonds. The molecule has 0 saturated heterocycles. The first-order valence-corrected chi connectivity index (χ1v) is 6.71. The molecule has 0 unspecified atom stereocenters. The van der Waals surface area contributed by atoms with E-state index in [1.807, 2.05) is 0 Å². The number of nitro groups is 1. The number of halogens is 2. The fraction of sp³-hybridized carbons (Fsp3) is 0.0714. The van der Waals surface area contributed by atoms with Crippen molar-refractivity contribution in [2.75, 3.05) is 0 Å². The van der Waals surface area contributed by atoms with Gasteiger partial charge in [0, 0.05) is 17.6 Å². The molecule has 2 aromatic rings. The van der Waals surface area contributed by atoms with Crippen molar-refractivity contribution < 1.29 is 9.72 Å². The first-order valence-electron chi connectivity index (χ1n) is 5.95. The quantitative estimate of drug-likeness (QED) is 0.686. The van der Waals surface area contributed by atoms with Crippen molar-refractivity contribution in [3.05, 3.63) is 73.8 Å². The van der Waals surface area contributed by atoms with E-state index in [1.54, 1.807) is 24.3 Å². The highest BCUT2D eigenvalue weighted by molar-refractivity contribution is 6.35. The molecule has 2 rings (SSSR count). The van der Waals surface area contributed by atoms with Gasteiger partial charge >= 0.3 is 0 Å². The van der Waals surface area contributed by atoms with Crippen molar-refractivity contribution in [1.29, 1.82) is 0 Å². The second-order valence-electron chi connectivity index (χ2n) is 4.17. The summed E-state index contributed by atoms with van der Waals surface area (Å²) in [4.78, 5) is 22.2. The molecule has 0 spiro atoms. The van der Waals surface area contributed by atoms with Crippen molar-refractivity contribution in [2.24, 2.45) is 0 Å². The van der Waals surface area contributed by atoms with Crippen LogP contribution in [0.5, 0.6) is 0 Å². The topological polar surface area (TPSA) is 72.2 Å². The Hall–Kier alpha value is -2.11. The number of amides is 1. The third-order valence-electron chi connectivity index (χ3n) is 2.82. The summed E-state index contributed by atoms with van der Waals surface area (Å²) in [6.07, 6.45) is 0. The highest BCUT2D eigenvalue weighted by Gasteiger charge is 2.19. The van der Waals surface area contributed by atoms with Gasteiger partial charge in [-0.1, -0.05) is 47.5 Å². The Bertz CT molecular complexity index is 704. The minimum Gasteiger partial charge on any atom is -0.348 e. The van der Waals surface area contributed by atoms with Crippen molar-refractivity contribution in [3.8, 4) is 0 Å². The van der Waals surface area contributed by atoms with Crippen LogP contribution in [0.4, 0.5) is 5.69 Å². The summed E-state index contributed by atoms with van der Waals surface area (Å²) in [7, 11) is 0. The zero-order valence-electron chi connectivity index (χ0n) is 10.7. The predicted molar refractivity (Wildman–Crippen MR) is 80.7 cm³/mol. The van der Waals surface area contributed by atoms with Gasteiger partial charge in [-0.3, -0.25) is 14.9 Å². The molecule has 0 aliphatic carbocycles. The number of nitrogens with zero attached hydrogens (tertiary/aromatic N) is 1. The Kier molecular flexibility index (Phi) is 4.77. The Balaban J connectivity index is 2.16. The van der Waals surface area contributed by atoms with Crippen LogP contribution in [0.1, 0.15) is 15.9 Å². The van der Waals surface area contributed by atoms with Crippen LogP contribution in [-0.4, -0.2) is 10.8 Å². The van der Waals surface area contributed by atoms with Gasteiger partial charge in [-0.15, -0.1) is 0 Å². The number of hydrogen-bond donors (Lipinski definition) is 1. The standard InChI is InChI=1S/C14H10Cl2N2O3/c15-11-6-2-1-4-9(11)8-17-14(19)10-5-3-7-12(13(10)16)18(20)21/h1-7H,8H2,(H,17,19). The summed E-state index contributed by atoms with van der Waals surface area (Å²) in [6, 6.07) is 11.2. The molecule has 2 aromatic carbocycles. The van der Waals surface area contributed by atoms with Gasteiger partial charge in [0.25, 0.3) is 11.6 Å². The predicted octanol–water partition coefficient (Wildman–Crippen LogP) is 3.83. The lowest BCUT2D eigenvalue weighted by molar-refractivity contribution is -0.384. The lowest BCUT2D eigenvalue weighted by Gasteiger charge is -2.08. The van der Waals surface area contributed by atoms with E-state index in [9.17, 15) is 14.9 Å². The van der Waals surface area contributed by atoms with Gasteiger partial charge in [0.2, 0.25) is 0 Å². The molecule has 0 aromatic heterocycles. The molecule has 0 aliphatic heterocycles. The summed E-state index contributed by atoms with van der Waals surface area (Å²) in [5.74, 6) is -0.497. The van der Waals surface area contributed by atoms with E-state index in [0.717, 1.165) is 5.56 Å². The van der Waals surface area contributed by atoms with E-state index in [1.165, 1.54) is 18.2 Å². The number of nitrogens with one attached hydrogen (secondary N) is 1. The van der Waals surface area contributed by atoms with E-state index in [-0.39, 0.29) is 22.8 Å². The summed E-state index contributed by atoms with van der Waals surface area (Å²) >= 11 is 11.9. The van der Waals surface area contributed by atoms with Gasteiger partial charge < -0.3 is 5.32 Å².